The Morgan fingerprint density at radius 2 is 1.84 bits per heavy atom. The van der Waals surface area contributed by atoms with Crippen molar-refractivity contribution in [3.63, 3.8) is 0 Å². The monoisotopic (exact) mass is 530 g/mol. The number of carbonyl (C=O) groups is 3. The number of carbonyl (C=O) groups excluding carboxylic acids is 3. The van der Waals surface area contributed by atoms with Crippen LogP contribution >= 0.6 is 0 Å². The molecule has 210 valence electrons. The first-order valence-corrected chi connectivity index (χ1v) is 13.8. The number of fused-ring (bicyclic) bond motifs is 1. The highest BCUT2D eigenvalue weighted by Gasteiger charge is 2.54. The molecular weight excluding hydrogens is 488 g/mol. The van der Waals surface area contributed by atoms with Gasteiger partial charge in [-0.05, 0) is 37.1 Å². The van der Waals surface area contributed by atoms with Crippen molar-refractivity contribution in [1.29, 1.82) is 0 Å². The first-order chi connectivity index (χ1) is 18.4. The first kappa shape index (κ1) is 28.5. The Morgan fingerprint density at radius 1 is 1.13 bits per heavy atom. The third kappa shape index (κ3) is 6.20. The van der Waals surface area contributed by atoms with Crippen LogP contribution in [-0.4, -0.2) is 118 Å². The molecule has 4 rings (SSSR count). The molecule has 0 aliphatic carbocycles. The van der Waals surface area contributed by atoms with Crippen LogP contribution in [0.1, 0.15) is 37.6 Å². The SMILES string of the molecule is CCO[C@H]1CN(C(=O)[C@@H](NC(=O)c2ccc(N3CCN(CCOC)CC3)cc2)[C@@H](C)CC)[C@@H]2C(=O)CO[C@H]12. The number of anilines is 1. The Kier molecular flexibility index (Phi) is 9.75. The number of ether oxygens (including phenoxy) is 3. The van der Waals surface area contributed by atoms with E-state index in [4.69, 9.17) is 14.2 Å². The Hall–Kier alpha value is -2.53. The lowest BCUT2D eigenvalue weighted by Crippen LogP contribution is -2.54. The van der Waals surface area contributed by atoms with Crippen LogP contribution in [0.5, 0.6) is 0 Å². The van der Waals surface area contributed by atoms with Crippen LogP contribution in [0.25, 0.3) is 0 Å². The summed E-state index contributed by atoms with van der Waals surface area (Å²) < 4.78 is 16.6. The van der Waals surface area contributed by atoms with Crippen molar-refractivity contribution in [1.82, 2.24) is 15.1 Å². The van der Waals surface area contributed by atoms with Crippen molar-refractivity contribution < 1.29 is 28.6 Å². The van der Waals surface area contributed by atoms with Gasteiger partial charge in [-0.25, -0.2) is 0 Å². The van der Waals surface area contributed by atoms with Gasteiger partial charge < -0.3 is 29.3 Å². The van der Waals surface area contributed by atoms with Gasteiger partial charge in [0, 0.05) is 57.7 Å². The van der Waals surface area contributed by atoms with Crippen LogP contribution in [0.4, 0.5) is 5.69 Å². The number of rotatable bonds is 11. The average molecular weight is 531 g/mol. The molecule has 10 heteroatoms. The molecule has 0 saturated carbocycles. The molecule has 3 aliphatic rings. The van der Waals surface area contributed by atoms with Crippen LogP contribution in [0.15, 0.2) is 24.3 Å². The summed E-state index contributed by atoms with van der Waals surface area (Å²) in [7, 11) is 1.72. The van der Waals surface area contributed by atoms with E-state index < -0.39 is 18.2 Å². The number of likely N-dealkylation sites (tertiary alicyclic amines) is 1. The molecule has 1 N–H and O–H groups in total. The Balaban J connectivity index is 1.40. The number of hydrogen-bond acceptors (Lipinski definition) is 8. The predicted octanol–water partition coefficient (Wildman–Crippen LogP) is 1.18. The van der Waals surface area contributed by atoms with Crippen molar-refractivity contribution in [3.05, 3.63) is 29.8 Å². The number of benzene rings is 1. The van der Waals surface area contributed by atoms with E-state index in [1.54, 1.807) is 12.0 Å². The second kappa shape index (κ2) is 13.0. The number of nitrogens with zero attached hydrogens (tertiary/aromatic N) is 3. The molecule has 0 aromatic heterocycles. The maximum absolute atomic E-state index is 13.7. The number of nitrogens with one attached hydrogen (secondary N) is 1. The molecule has 5 atom stereocenters. The second-order valence-electron chi connectivity index (χ2n) is 10.4. The van der Waals surface area contributed by atoms with Gasteiger partial charge in [-0.1, -0.05) is 20.3 Å². The molecule has 38 heavy (non-hydrogen) atoms. The molecule has 0 unspecified atom stereocenters. The lowest BCUT2D eigenvalue weighted by Gasteiger charge is -2.36. The van der Waals surface area contributed by atoms with Gasteiger partial charge in [0.2, 0.25) is 5.91 Å². The molecule has 1 aromatic carbocycles. The first-order valence-electron chi connectivity index (χ1n) is 13.8. The molecule has 0 bridgehead atoms. The number of amides is 2. The molecule has 2 amide bonds. The van der Waals surface area contributed by atoms with E-state index in [1.165, 1.54) is 0 Å². The summed E-state index contributed by atoms with van der Waals surface area (Å²) in [6.45, 7) is 12.0. The van der Waals surface area contributed by atoms with E-state index in [-0.39, 0.29) is 42.8 Å². The van der Waals surface area contributed by atoms with Gasteiger partial charge in [-0.3, -0.25) is 19.3 Å². The summed E-state index contributed by atoms with van der Waals surface area (Å²) in [5.74, 6) is -0.783. The maximum Gasteiger partial charge on any atom is 0.251 e. The summed E-state index contributed by atoms with van der Waals surface area (Å²) in [5.41, 5.74) is 1.58. The zero-order chi connectivity index (χ0) is 27.2. The molecule has 0 radical (unpaired) electrons. The number of ketones is 1. The zero-order valence-electron chi connectivity index (χ0n) is 23.1. The minimum absolute atomic E-state index is 0.0163. The third-order valence-electron chi connectivity index (χ3n) is 8.05. The summed E-state index contributed by atoms with van der Waals surface area (Å²) >= 11 is 0. The topological polar surface area (TPSA) is 101 Å². The van der Waals surface area contributed by atoms with Crippen LogP contribution in [0.2, 0.25) is 0 Å². The Bertz CT molecular complexity index is 965. The zero-order valence-corrected chi connectivity index (χ0v) is 23.1. The van der Waals surface area contributed by atoms with Gasteiger partial charge in [-0.2, -0.15) is 0 Å². The minimum Gasteiger partial charge on any atom is -0.383 e. The summed E-state index contributed by atoms with van der Waals surface area (Å²) in [5, 5.41) is 2.97. The van der Waals surface area contributed by atoms with Crippen molar-refractivity contribution in [2.24, 2.45) is 5.92 Å². The number of Topliss-reactive ketones (excluding diaryl/α,β-unsaturated/α-hetero) is 1. The number of piperazine rings is 1. The number of hydrogen-bond donors (Lipinski definition) is 1. The molecule has 3 saturated heterocycles. The maximum atomic E-state index is 13.7. The third-order valence-corrected chi connectivity index (χ3v) is 8.05. The Morgan fingerprint density at radius 3 is 2.47 bits per heavy atom. The van der Waals surface area contributed by atoms with Crippen LogP contribution in [0.3, 0.4) is 0 Å². The van der Waals surface area contributed by atoms with Crippen molar-refractivity contribution in [2.45, 2.75) is 51.5 Å². The lowest BCUT2D eigenvalue weighted by molar-refractivity contribution is -0.139. The predicted molar refractivity (Wildman–Crippen MR) is 143 cm³/mol. The van der Waals surface area contributed by atoms with Crippen molar-refractivity contribution >= 4 is 23.3 Å². The van der Waals surface area contributed by atoms with Crippen LogP contribution < -0.4 is 10.2 Å². The summed E-state index contributed by atoms with van der Waals surface area (Å²) in [6, 6.07) is 6.15. The molecule has 3 fully saturated rings. The van der Waals surface area contributed by atoms with Gasteiger partial charge in [-0.15, -0.1) is 0 Å². The van der Waals surface area contributed by atoms with E-state index in [2.05, 4.69) is 15.1 Å². The van der Waals surface area contributed by atoms with E-state index in [1.807, 2.05) is 45.0 Å². The fourth-order valence-electron chi connectivity index (χ4n) is 5.56. The molecule has 3 heterocycles. The van der Waals surface area contributed by atoms with Crippen molar-refractivity contribution in [2.75, 3.05) is 71.1 Å². The fourth-order valence-corrected chi connectivity index (χ4v) is 5.56. The van der Waals surface area contributed by atoms with E-state index in [0.717, 1.165) is 45.0 Å². The largest absolute Gasteiger partial charge is 0.383 e. The average Bonchev–Trinajstić information content (AvgIpc) is 3.50. The van der Waals surface area contributed by atoms with E-state index in [0.29, 0.717) is 18.6 Å². The second-order valence-corrected chi connectivity index (χ2v) is 10.4. The molecule has 3 aliphatic heterocycles. The standard InChI is InChI=1S/C28H42N4O6/c1-5-19(3)24(28(35)32-17-23(37-6-2)26-25(32)22(33)18-38-26)29-27(34)20-7-9-21(10-8-20)31-13-11-30(12-14-31)15-16-36-4/h7-10,19,23-26H,5-6,11-18H2,1-4H3,(H,29,34)/t19-,23-,24-,25+,26+/m0/s1. The quantitative estimate of drug-likeness (QED) is 0.455. The fraction of sp³-hybridized carbons (Fsp3) is 0.679. The van der Waals surface area contributed by atoms with Crippen LogP contribution in [0, 0.1) is 5.92 Å². The molecule has 10 nitrogen and oxygen atoms in total. The highest BCUT2D eigenvalue weighted by atomic mass is 16.6. The van der Waals surface area contributed by atoms with Gasteiger partial charge in [0.1, 0.15) is 30.9 Å². The highest BCUT2D eigenvalue weighted by molar-refractivity contribution is 5.99. The van der Waals surface area contributed by atoms with Gasteiger partial charge in [0.05, 0.1) is 13.2 Å². The highest BCUT2D eigenvalue weighted by Crippen LogP contribution is 2.31. The molecule has 1 aromatic rings. The summed E-state index contributed by atoms with van der Waals surface area (Å²) in [6.07, 6.45) is -0.0927. The van der Waals surface area contributed by atoms with Gasteiger partial charge in [0.25, 0.3) is 5.91 Å². The minimum atomic E-state index is -0.748. The molecular formula is C28H42N4O6. The normalized spacial score (nSPS) is 25.4. The van der Waals surface area contributed by atoms with Crippen LogP contribution in [-0.2, 0) is 23.8 Å². The lowest BCUT2D eigenvalue weighted by atomic mass is 9.96. The van der Waals surface area contributed by atoms with Gasteiger partial charge >= 0.3 is 0 Å². The van der Waals surface area contributed by atoms with Crippen molar-refractivity contribution in [3.8, 4) is 0 Å². The Labute approximate surface area is 225 Å². The molecule has 0 spiro atoms. The van der Waals surface area contributed by atoms with Gasteiger partial charge in [0.15, 0.2) is 5.78 Å². The smallest absolute Gasteiger partial charge is 0.251 e. The van der Waals surface area contributed by atoms with E-state index in [9.17, 15) is 14.4 Å². The number of methoxy groups -OCH3 is 1. The van der Waals surface area contributed by atoms with E-state index >= 15 is 0 Å². The summed E-state index contributed by atoms with van der Waals surface area (Å²) in [4.78, 5) is 45.8.